The number of rotatable bonds is 5. The van der Waals surface area contributed by atoms with E-state index in [9.17, 15) is 4.79 Å². The average molecular weight is 295 g/mol. The van der Waals surface area contributed by atoms with E-state index in [1.54, 1.807) is 0 Å². The van der Waals surface area contributed by atoms with Gasteiger partial charge in [0.25, 0.3) is 0 Å². The smallest absolute Gasteiger partial charge is 0.322 e. The summed E-state index contributed by atoms with van der Waals surface area (Å²) >= 11 is 0. The van der Waals surface area contributed by atoms with Crippen molar-refractivity contribution in [2.45, 2.75) is 52.6 Å². The molecule has 0 aromatic carbocycles. The zero-order valence-corrected chi connectivity index (χ0v) is 13.1. The van der Waals surface area contributed by atoms with Gasteiger partial charge in [0.2, 0.25) is 0 Å². The van der Waals surface area contributed by atoms with Crippen LogP contribution in [0.2, 0.25) is 0 Å². The number of hydrogen-bond acceptors (Lipinski definition) is 4. The van der Waals surface area contributed by atoms with Gasteiger partial charge in [0.15, 0.2) is 0 Å². The standard InChI is InChI=1S/C15H25N3O3/c1-10-6-4-5-7-13(10)20-9-8-16-14(19)18-15-17-11(2)12(3)21-15/h10,13H,4-9H2,1-3H3,(H2,16,17,18,19)/t10-,13+/m1/s1. The van der Waals surface area contributed by atoms with Gasteiger partial charge in [-0.2, -0.15) is 4.98 Å². The number of aryl methyl sites for hydroxylation is 2. The Morgan fingerprint density at radius 1 is 1.38 bits per heavy atom. The predicted octanol–water partition coefficient (Wildman–Crippen LogP) is 3.01. The topological polar surface area (TPSA) is 76.4 Å². The number of urea groups is 1. The van der Waals surface area contributed by atoms with E-state index in [1.807, 2.05) is 13.8 Å². The quantitative estimate of drug-likeness (QED) is 0.819. The van der Waals surface area contributed by atoms with Crippen LogP contribution < -0.4 is 10.6 Å². The molecular formula is C15H25N3O3. The number of amides is 2. The lowest BCUT2D eigenvalue weighted by molar-refractivity contribution is -0.00233. The molecule has 2 atom stereocenters. The number of carbonyl (C=O) groups is 1. The third kappa shape index (κ3) is 4.74. The van der Waals surface area contributed by atoms with Gasteiger partial charge in [-0.1, -0.05) is 19.8 Å². The zero-order valence-electron chi connectivity index (χ0n) is 13.1. The third-order valence-corrected chi connectivity index (χ3v) is 4.00. The summed E-state index contributed by atoms with van der Waals surface area (Å²) in [5.41, 5.74) is 0.778. The monoisotopic (exact) mass is 295 g/mol. The highest BCUT2D eigenvalue weighted by atomic mass is 16.5. The van der Waals surface area contributed by atoms with Gasteiger partial charge in [-0.25, -0.2) is 4.79 Å². The van der Waals surface area contributed by atoms with Crippen molar-refractivity contribution in [3.05, 3.63) is 11.5 Å². The zero-order chi connectivity index (χ0) is 15.2. The van der Waals surface area contributed by atoms with Crippen LogP contribution in [0.3, 0.4) is 0 Å². The van der Waals surface area contributed by atoms with Crippen LogP contribution in [0.5, 0.6) is 0 Å². The molecule has 2 rings (SSSR count). The molecule has 1 saturated carbocycles. The molecule has 1 aliphatic carbocycles. The van der Waals surface area contributed by atoms with Gasteiger partial charge in [0, 0.05) is 6.54 Å². The largest absolute Gasteiger partial charge is 0.428 e. The van der Waals surface area contributed by atoms with Gasteiger partial charge in [-0.15, -0.1) is 0 Å². The second-order valence-corrected chi connectivity index (χ2v) is 5.71. The van der Waals surface area contributed by atoms with Crippen LogP contribution in [0.4, 0.5) is 10.8 Å². The van der Waals surface area contributed by atoms with Crippen molar-refractivity contribution in [1.82, 2.24) is 10.3 Å². The summed E-state index contributed by atoms with van der Waals surface area (Å²) in [5.74, 6) is 1.32. The summed E-state index contributed by atoms with van der Waals surface area (Å²) in [4.78, 5) is 15.8. The normalized spacial score (nSPS) is 22.0. The second-order valence-electron chi connectivity index (χ2n) is 5.71. The van der Waals surface area contributed by atoms with Gasteiger partial charge in [0.1, 0.15) is 5.76 Å². The number of anilines is 1. The van der Waals surface area contributed by atoms with Gasteiger partial charge in [-0.3, -0.25) is 5.32 Å². The van der Waals surface area contributed by atoms with E-state index in [-0.39, 0.29) is 12.0 Å². The van der Waals surface area contributed by atoms with Crippen LogP contribution in [-0.4, -0.2) is 30.3 Å². The van der Waals surface area contributed by atoms with Crippen LogP contribution in [0.1, 0.15) is 44.1 Å². The lowest BCUT2D eigenvalue weighted by Crippen LogP contribution is -2.34. The van der Waals surface area contributed by atoms with E-state index in [1.165, 1.54) is 19.3 Å². The Kier molecular flexibility index (Phi) is 5.61. The van der Waals surface area contributed by atoms with E-state index in [0.717, 1.165) is 12.1 Å². The SMILES string of the molecule is Cc1nc(NC(=O)NCCO[C@H]2CCCC[C@H]2C)oc1C. The molecule has 2 N–H and O–H groups in total. The number of nitrogens with one attached hydrogen (secondary N) is 2. The molecule has 0 spiro atoms. The molecule has 6 heteroatoms. The lowest BCUT2D eigenvalue weighted by Gasteiger charge is -2.28. The van der Waals surface area contributed by atoms with Crippen molar-refractivity contribution in [3.8, 4) is 0 Å². The highest BCUT2D eigenvalue weighted by Crippen LogP contribution is 2.25. The van der Waals surface area contributed by atoms with Crippen molar-refractivity contribution in [3.63, 3.8) is 0 Å². The molecule has 0 radical (unpaired) electrons. The lowest BCUT2D eigenvalue weighted by atomic mass is 9.88. The number of oxazole rings is 1. The molecule has 0 unspecified atom stereocenters. The van der Waals surface area contributed by atoms with E-state index >= 15 is 0 Å². The number of ether oxygens (including phenoxy) is 1. The fourth-order valence-corrected chi connectivity index (χ4v) is 2.57. The molecule has 0 saturated heterocycles. The maximum absolute atomic E-state index is 11.7. The van der Waals surface area contributed by atoms with E-state index < -0.39 is 0 Å². The molecule has 21 heavy (non-hydrogen) atoms. The van der Waals surface area contributed by atoms with E-state index in [2.05, 4.69) is 22.5 Å². The molecular weight excluding hydrogens is 270 g/mol. The molecule has 2 amide bonds. The molecule has 6 nitrogen and oxygen atoms in total. The Hall–Kier alpha value is -1.56. The Balaban J connectivity index is 1.63. The van der Waals surface area contributed by atoms with Gasteiger partial charge < -0.3 is 14.5 Å². The summed E-state index contributed by atoms with van der Waals surface area (Å²) in [7, 11) is 0. The maximum atomic E-state index is 11.7. The molecule has 118 valence electrons. The minimum absolute atomic E-state index is 0.226. The van der Waals surface area contributed by atoms with Crippen molar-refractivity contribution < 1.29 is 13.9 Å². The Morgan fingerprint density at radius 2 is 2.14 bits per heavy atom. The third-order valence-electron chi connectivity index (χ3n) is 4.00. The molecule has 0 aliphatic heterocycles. The van der Waals surface area contributed by atoms with Crippen LogP contribution in [0.25, 0.3) is 0 Å². The van der Waals surface area contributed by atoms with Crippen molar-refractivity contribution in [2.75, 3.05) is 18.5 Å². The first kappa shape index (κ1) is 15.8. The van der Waals surface area contributed by atoms with E-state index in [0.29, 0.717) is 30.9 Å². The molecule has 1 heterocycles. The molecule has 1 aromatic rings. The molecule has 1 aromatic heterocycles. The minimum Gasteiger partial charge on any atom is -0.428 e. The van der Waals surface area contributed by atoms with Gasteiger partial charge >= 0.3 is 12.0 Å². The summed E-state index contributed by atoms with van der Waals surface area (Å²) < 4.78 is 11.1. The maximum Gasteiger partial charge on any atom is 0.322 e. The summed E-state index contributed by atoms with van der Waals surface area (Å²) in [6.45, 7) is 6.89. The second kappa shape index (κ2) is 7.45. The number of aromatic nitrogens is 1. The Labute approximate surface area is 125 Å². The van der Waals surface area contributed by atoms with Crippen molar-refractivity contribution >= 4 is 12.0 Å². The van der Waals surface area contributed by atoms with Crippen LogP contribution in [0.15, 0.2) is 4.42 Å². The molecule has 1 fully saturated rings. The fraction of sp³-hybridized carbons (Fsp3) is 0.733. The predicted molar refractivity (Wildman–Crippen MR) is 80.4 cm³/mol. The number of hydrogen-bond donors (Lipinski definition) is 2. The first-order valence-corrected chi connectivity index (χ1v) is 7.66. The van der Waals surface area contributed by atoms with E-state index in [4.69, 9.17) is 9.15 Å². The van der Waals surface area contributed by atoms with Crippen molar-refractivity contribution in [2.24, 2.45) is 5.92 Å². The summed E-state index contributed by atoms with van der Waals surface area (Å²) in [5, 5.41) is 5.31. The van der Waals surface area contributed by atoms with Crippen LogP contribution in [0, 0.1) is 19.8 Å². The highest BCUT2D eigenvalue weighted by Gasteiger charge is 2.21. The van der Waals surface area contributed by atoms with Gasteiger partial charge in [0.05, 0.1) is 18.4 Å². The highest BCUT2D eigenvalue weighted by molar-refractivity contribution is 5.86. The summed E-state index contributed by atoms with van der Waals surface area (Å²) in [6, 6.07) is -0.0964. The summed E-state index contributed by atoms with van der Waals surface area (Å²) in [6.07, 6.45) is 5.24. The van der Waals surface area contributed by atoms with Crippen molar-refractivity contribution in [1.29, 1.82) is 0 Å². The fourth-order valence-electron chi connectivity index (χ4n) is 2.57. The Morgan fingerprint density at radius 3 is 2.81 bits per heavy atom. The number of carbonyl (C=O) groups excluding carboxylic acids is 1. The van der Waals surface area contributed by atoms with Gasteiger partial charge in [-0.05, 0) is 32.6 Å². The van der Waals surface area contributed by atoms with Crippen LogP contribution >= 0.6 is 0 Å². The minimum atomic E-state index is -0.323. The molecule has 0 bridgehead atoms. The first-order valence-electron chi connectivity index (χ1n) is 7.66. The number of nitrogens with zero attached hydrogens (tertiary/aromatic N) is 1. The first-order chi connectivity index (χ1) is 10.1. The average Bonchev–Trinajstić information content (AvgIpc) is 2.75. The van der Waals surface area contributed by atoms with Crippen LogP contribution in [-0.2, 0) is 4.74 Å². The Bertz CT molecular complexity index is 453. The molecule has 1 aliphatic rings.